The number of allylic oxidation sites excluding steroid dienone is 1. The molecule has 3 unspecified atom stereocenters. The number of rotatable bonds is 6. The zero-order valence-corrected chi connectivity index (χ0v) is 20.7. The number of hydrogen-bond donors (Lipinski definition) is 1. The Labute approximate surface area is 204 Å². The average molecular weight is 459 g/mol. The predicted molar refractivity (Wildman–Crippen MR) is 137 cm³/mol. The lowest BCUT2D eigenvalue weighted by atomic mass is 9.86. The van der Waals surface area contributed by atoms with Crippen LogP contribution in [0, 0.1) is 23.2 Å². The third-order valence-electron chi connectivity index (χ3n) is 8.97. The van der Waals surface area contributed by atoms with Gasteiger partial charge in [0.05, 0.1) is 11.9 Å². The maximum absolute atomic E-state index is 10.1. The number of piperidine rings is 1. The van der Waals surface area contributed by atoms with E-state index in [9.17, 15) is 10.4 Å². The highest BCUT2D eigenvalue weighted by Crippen LogP contribution is 2.45. The van der Waals surface area contributed by atoms with Crippen molar-refractivity contribution in [2.75, 3.05) is 0 Å². The number of aliphatic hydroxyl groups excluding tert-OH is 1. The van der Waals surface area contributed by atoms with E-state index in [1.165, 1.54) is 37.7 Å². The summed E-state index contributed by atoms with van der Waals surface area (Å²) in [5, 5.41) is 22.2. The molecule has 2 aliphatic heterocycles. The quantitative estimate of drug-likeness (QED) is 0.457. The molecule has 5 rings (SSSR count). The Morgan fingerprint density at radius 3 is 2.41 bits per heavy atom. The molecule has 2 aromatic carbocycles. The van der Waals surface area contributed by atoms with E-state index in [0.29, 0.717) is 23.4 Å². The fourth-order valence-electron chi connectivity index (χ4n) is 6.92. The van der Waals surface area contributed by atoms with Crippen LogP contribution in [0.1, 0.15) is 88.8 Å². The molecule has 180 valence electrons. The van der Waals surface area contributed by atoms with Crippen molar-refractivity contribution in [1.82, 2.24) is 4.90 Å². The highest BCUT2D eigenvalue weighted by Gasteiger charge is 2.43. The van der Waals surface area contributed by atoms with Crippen LogP contribution in [-0.2, 0) is 0 Å². The number of aliphatic hydroxyl groups is 1. The SMILES string of the molecule is C=C(O)C1CC2CCC(C1)N2C(C)c1ccc2ccc(OC3CCC(CC)CC3)c(C#N)c2c1. The summed E-state index contributed by atoms with van der Waals surface area (Å²) in [6, 6.07) is 14.4. The smallest absolute Gasteiger partial charge is 0.138 e. The largest absolute Gasteiger partial charge is 0.513 e. The van der Waals surface area contributed by atoms with Gasteiger partial charge in [-0.2, -0.15) is 5.26 Å². The maximum Gasteiger partial charge on any atom is 0.138 e. The first-order valence-corrected chi connectivity index (χ1v) is 13.3. The molecule has 4 heteroatoms. The molecule has 2 heterocycles. The monoisotopic (exact) mass is 458 g/mol. The minimum Gasteiger partial charge on any atom is -0.513 e. The molecule has 0 spiro atoms. The topological polar surface area (TPSA) is 56.5 Å². The second kappa shape index (κ2) is 9.62. The summed E-state index contributed by atoms with van der Waals surface area (Å²) in [4.78, 5) is 2.65. The Bertz CT molecular complexity index is 1080. The number of nitrogens with zero attached hydrogens (tertiary/aromatic N) is 2. The number of benzene rings is 2. The molecular formula is C30H38N2O2. The number of nitriles is 1. The number of hydrogen-bond acceptors (Lipinski definition) is 4. The fraction of sp³-hybridized carbons (Fsp3) is 0.567. The van der Waals surface area contributed by atoms with Crippen molar-refractivity contribution in [2.24, 2.45) is 11.8 Å². The summed E-state index contributed by atoms with van der Waals surface area (Å²) >= 11 is 0. The lowest BCUT2D eigenvalue weighted by Crippen LogP contribution is -2.44. The van der Waals surface area contributed by atoms with Gasteiger partial charge in [-0.3, -0.25) is 4.90 Å². The van der Waals surface area contributed by atoms with E-state index in [4.69, 9.17) is 4.74 Å². The average Bonchev–Trinajstić information content (AvgIpc) is 3.12. The van der Waals surface area contributed by atoms with E-state index in [1.54, 1.807) is 0 Å². The molecule has 2 aromatic rings. The molecule has 0 amide bonds. The third-order valence-corrected chi connectivity index (χ3v) is 8.97. The molecule has 4 nitrogen and oxygen atoms in total. The van der Waals surface area contributed by atoms with Gasteiger partial charge in [0.2, 0.25) is 0 Å². The van der Waals surface area contributed by atoms with Crippen molar-refractivity contribution >= 4 is 10.8 Å². The van der Waals surface area contributed by atoms with Crippen molar-refractivity contribution in [3.8, 4) is 11.8 Å². The van der Waals surface area contributed by atoms with Crippen LogP contribution in [0.15, 0.2) is 42.7 Å². The first-order chi connectivity index (χ1) is 16.5. The lowest BCUT2D eigenvalue weighted by molar-refractivity contribution is 0.0639. The minimum atomic E-state index is 0.215. The Kier molecular flexibility index (Phi) is 6.58. The van der Waals surface area contributed by atoms with Gasteiger partial charge in [-0.1, -0.05) is 38.1 Å². The summed E-state index contributed by atoms with van der Waals surface area (Å²) in [6.07, 6.45) is 10.4. The molecule has 3 fully saturated rings. The molecule has 1 saturated carbocycles. The molecule has 0 aromatic heterocycles. The molecule has 0 radical (unpaired) electrons. The number of fused-ring (bicyclic) bond motifs is 3. The van der Waals surface area contributed by atoms with E-state index in [0.717, 1.165) is 48.1 Å². The van der Waals surface area contributed by atoms with Gasteiger partial charge in [0.1, 0.15) is 17.4 Å². The van der Waals surface area contributed by atoms with Gasteiger partial charge >= 0.3 is 0 Å². The van der Waals surface area contributed by atoms with Crippen LogP contribution in [0.3, 0.4) is 0 Å². The van der Waals surface area contributed by atoms with E-state index in [2.05, 4.69) is 55.7 Å². The standard InChI is InChI=1S/C30H38N2O2/c1-4-21-5-12-27(13-6-21)34-30-14-9-22-7-8-23(17-28(22)29(30)18-31)19(2)32-25-10-11-26(32)16-24(15-25)20(3)33/h7-9,14,17,19,21,24-27,33H,3-6,10-13,15-16H2,1-2H3. The van der Waals surface area contributed by atoms with Crippen LogP contribution < -0.4 is 4.74 Å². The van der Waals surface area contributed by atoms with Crippen LogP contribution >= 0.6 is 0 Å². The zero-order valence-electron chi connectivity index (χ0n) is 20.7. The molecular weight excluding hydrogens is 420 g/mol. The van der Waals surface area contributed by atoms with Crippen LogP contribution in [0.25, 0.3) is 10.8 Å². The Hall–Kier alpha value is -2.51. The minimum absolute atomic E-state index is 0.215. The molecule has 3 aliphatic rings. The van der Waals surface area contributed by atoms with Crippen molar-refractivity contribution in [3.63, 3.8) is 0 Å². The molecule has 1 N–H and O–H groups in total. The lowest BCUT2D eigenvalue weighted by Gasteiger charge is -2.42. The normalized spacial score (nSPS) is 30.1. The van der Waals surface area contributed by atoms with Crippen molar-refractivity contribution < 1.29 is 9.84 Å². The molecule has 34 heavy (non-hydrogen) atoms. The van der Waals surface area contributed by atoms with Gasteiger partial charge < -0.3 is 9.84 Å². The molecule has 2 bridgehead atoms. The van der Waals surface area contributed by atoms with Crippen molar-refractivity contribution in [2.45, 2.75) is 95.9 Å². The van der Waals surface area contributed by atoms with Gasteiger partial charge in [-0.15, -0.1) is 0 Å². The first-order valence-electron chi connectivity index (χ1n) is 13.3. The van der Waals surface area contributed by atoms with Crippen molar-refractivity contribution in [3.05, 3.63) is 53.8 Å². The second-order valence-corrected chi connectivity index (χ2v) is 10.9. The van der Waals surface area contributed by atoms with Gasteiger partial charge in [0.25, 0.3) is 0 Å². The van der Waals surface area contributed by atoms with E-state index >= 15 is 0 Å². The van der Waals surface area contributed by atoms with Crippen LogP contribution in [0.4, 0.5) is 0 Å². The Morgan fingerprint density at radius 1 is 1.12 bits per heavy atom. The summed E-state index contributed by atoms with van der Waals surface area (Å²) in [5.74, 6) is 2.15. The van der Waals surface area contributed by atoms with E-state index in [-0.39, 0.29) is 18.1 Å². The molecule has 3 atom stereocenters. The van der Waals surface area contributed by atoms with Crippen molar-refractivity contribution in [1.29, 1.82) is 5.26 Å². The summed E-state index contributed by atoms with van der Waals surface area (Å²) in [7, 11) is 0. The summed E-state index contributed by atoms with van der Waals surface area (Å²) in [6.45, 7) is 8.38. The maximum atomic E-state index is 10.1. The Balaban J connectivity index is 1.39. The van der Waals surface area contributed by atoms with Gasteiger partial charge in [0.15, 0.2) is 0 Å². The fourth-order valence-corrected chi connectivity index (χ4v) is 6.92. The van der Waals surface area contributed by atoms with E-state index < -0.39 is 0 Å². The molecule has 1 aliphatic carbocycles. The second-order valence-electron chi connectivity index (χ2n) is 10.9. The third kappa shape index (κ3) is 4.31. The summed E-state index contributed by atoms with van der Waals surface area (Å²) < 4.78 is 6.41. The van der Waals surface area contributed by atoms with Crippen LogP contribution in [-0.4, -0.2) is 28.2 Å². The van der Waals surface area contributed by atoms with Crippen LogP contribution in [0.5, 0.6) is 5.75 Å². The molecule has 2 saturated heterocycles. The Morgan fingerprint density at radius 2 is 1.79 bits per heavy atom. The van der Waals surface area contributed by atoms with E-state index in [1.807, 2.05) is 6.07 Å². The predicted octanol–water partition coefficient (Wildman–Crippen LogP) is 7.43. The zero-order chi connectivity index (χ0) is 23.8. The van der Waals surface area contributed by atoms with Gasteiger partial charge in [0, 0.05) is 29.4 Å². The van der Waals surface area contributed by atoms with Gasteiger partial charge in [-0.05, 0) is 87.3 Å². The highest BCUT2D eigenvalue weighted by atomic mass is 16.5. The highest BCUT2D eigenvalue weighted by molar-refractivity contribution is 5.90. The van der Waals surface area contributed by atoms with Gasteiger partial charge in [-0.25, -0.2) is 0 Å². The summed E-state index contributed by atoms with van der Waals surface area (Å²) in [5.41, 5.74) is 1.92. The first kappa shape index (κ1) is 23.2. The van der Waals surface area contributed by atoms with Crippen LogP contribution in [0.2, 0.25) is 0 Å². The number of ether oxygens (including phenoxy) is 1.